The Hall–Kier alpha value is -2.34. The Balaban J connectivity index is 1.92. The molecular formula is C19H21NO4S. The van der Waals surface area contributed by atoms with E-state index in [0.717, 1.165) is 28.4 Å². The molecule has 1 fully saturated rings. The monoisotopic (exact) mass is 359 g/mol. The fourth-order valence-corrected chi connectivity index (χ4v) is 4.13. The second-order valence-corrected chi connectivity index (χ2v) is 6.67. The predicted molar refractivity (Wildman–Crippen MR) is 98.3 cm³/mol. The van der Waals surface area contributed by atoms with E-state index in [1.807, 2.05) is 47.4 Å². The summed E-state index contributed by atoms with van der Waals surface area (Å²) in [7, 11) is 4.89. The van der Waals surface area contributed by atoms with Crippen molar-refractivity contribution >= 4 is 17.7 Å². The summed E-state index contributed by atoms with van der Waals surface area (Å²) < 4.78 is 16.2. The number of nitrogens with zero attached hydrogens (tertiary/aromatic N) is 1. The average Bonchev–Trinajstić information content (AvgIpc) is 3.02. The van der Waals surface area contributed by atoms with Crippen LogP contribution in [0.1, 0.15) is 16.5 Å². The molecule has 2 aromatic rings. The lowest BCUT2D eigenvalue weighted by molar-refractivity contribution is -0.128. The molecule has 1 atom stereocenters. The van der Waals surface area contributed by atoms with Crippen LogP contribution in [0, 0.1) is 0 Å². The number of ether oxygens (including phenoxy) is 3. The molecule has 0 bridgehead atoms. The van der Waals surface area contributed by atoms with Gasteiger partial charge in [-0.15, -0.1) is 11.8 Å². The van der Waals surface area contributed by atoms with Gasteiger partial charge in [-0.1, -0.05) is 18.2 Å². The van der Waals surface area contributed by atoms with E-state index in [4.69, 9.17) is 14.2 Å². The van der Waals surface area contributed by atoms with E-state index < -0.39 is 0 Å². The molecule has 1 aliphatic heterocycles. The third-order valence-electron chi connectivity index (χ3n) is 4.21. The fraction of sp³-hybridized carbons (Fsp3) is 0.316. The molecule has 0 saturated carbocycles. The molecule has 6 heteroatoms. The topological polar surface area (TPSA) is 48.0 Å². The van der Waals surface area contributed by atoms with Gasteiger partial charge in [0.2, 0.25) is 5.91 Å². The Bertz CT molecular complexity index is 765. The molecule has 0 N–H and O–H groups in total. The summed E-state index contributed by atoms with van der Waals surface area (Å²) in [4.78, 5) is 14.4. The van der Waals surface area contributed by atoms with Gasteiger partial charge in [-0.3, -0.25) is 4.79 Å². The molecule has 5 nitrogen and oxygen atoms in total. The van der Waals surface area contributed by atoms with Crippen molar-refractivity contribution in [3.05, 3.63) is 53.6 Å². The van der Waals surface area contributed by atoms with Crippen LogP contribution in [0.15, 0.2) is 42.5 Å². The van der Waals surface area contributed by atoms with E-state index >= 15 is 0 Å². The highest BCUT2D eigenvalue weighted by Crippen LogP contribution is 2.44. The summed E-state index contributed by atoms with van der Waals surface area (Å²) in [5.74, 6) is 2.80. The summed E-state index contributed by atoms with van der Waals surface area (Å²) >= 11 is 1.60. The Morgan fingerprint density at radius 1 is 1.04 bits per heavy atom. The smallest absolute Gasteiger partial charge is 0.234 e. The second kappa shape index (κ2) is 7.70. The molecule has 0 radical (unpaired) electrons. The van der Waals surface area contributed by atoms with Crippen LogP contribution in [0.4, 0.5) is 0 Å². The first-order valence-electron chi connectivity index (χ1n) is 7.92. The van der Waals surface area contributed by atoms with Crippen LogP contribution in [-0.4, -0.2) is 37.9 Å². The number of carbonyl (C=O) groups is 1. The zero-order valence-electron chi connectivity index (χ0n) is 14.5. The third kappa shape index (κ3) is 3.54. The van der Waals surface area contributed by atoms with Gasteiger partial charge in [-0.2, -0.15) is 0 Å². The average molecular weight is 359 g/mol. The zero-order chi connectivity index (χ0) is 17.8. The number of para-hydroxylation sites is 1. The number of rotatable bonds is 6. The molecule has 1 saturated heterocycles. The number of thioether (sulfide) groups is 1. The van der Waals surface area contributed by atoms with E-state index in [1.165, 1.54) is 0 Å². The van der Waals surface area contributed by atoms with Crippen LogP contribution in [0.2, 0.25) is 0 Å². The minimum absolute atomic E-state index is 0.0988. The van der Waals surface area contributed by atoms with Gasteiger partial charge in [0.05, 0.1) is 33.6 Å². The highest BCUT2D eigenvalue weighted by molar-refractivity contribution is 8.00. The number of benzene rings is 2. The lowest BCUT2D eigenvalue weighted by atomic mass is 10.1. The molecule has 3 rings (SSSR count). The first kappa shape index (κ1) is 17.5. The van der Waals surface area contributed by atoms with Crippen molar-refractivity contribution < 1.29 is 19.0 Å². The Kier molecular flexibility index (Phi) is 5.38. The maximum absolute atomic E-state index is 12.5. The summed E-state index contributed by atoms with van der Waals surface area (Å²) in [6, 6.07) is 13.5. The van der Waals surface area contributed by atoms with Crippen LogP contribution < -0.4 is 14.2 Å². The minimum atomic E-state index is -0.0988. The van der Waals surface area contributed by atoms with E-state index in [9.17, 15) is 4.79 Å². The number of hydrogen-bond acceptors (Lipinski definition) is 5. The van der Waals surface area contributed by atoms with E-state index in [-0.39, 0.29) is 11.3 Å². The summed E-state index contributed by atoms with van der Waals surface area (Å²) in [5, 5.41) is -0.0988. The quantitative estimate of drug-likeness (QED) is 0.790. The summed E-state index contributed by atoms with van der Waals surface area (Å²) in [5.41, 5.74) is 1.95. The zero-order valence-corrected chi connectivity index (χ0v) is 15.3. The Morgan fingerprint density at radius 3 is 2.52 bits per heavy atom. The van der Waals surface area contributed by atoms with Gasteiger partial charge in [0.25, 0.3) is 0 Å². The highest BCUT2D eigenvalue weighted by Gasteiger charge is 2.35. The summed E-state index contributed by atoms with van der Waals surface area (Å²) in [6.45, 7) is 0.496. The van der Waals surface area contributed by atoms with Gasteiger partial charge in [0.15, 0.2) is 0 Å². The van der Waals surface area contributed by atoms with Crippen molar-refractivity contribution in [1.82, 2.24) is 4.90 Å². The molecule has 0 aliphatic carbocycles. The van der Waals surface area contributed by atoms with Gasteiger partial charge in [-0.25, -0.2) is 0 Å². The molecule has 0 spiro atoms. The molecule has 2 aromatic carbocycles. The van der Waals surface area contributed by atoms with Crippen molar-refractivity contribution in [2.75, 3.05) is 27.1 Å². The summed E-state index contributed by atoms with van der Waals surface area (Å²) in [6.07, 6.45) is 0. The van der Waals surface area contributed by atoms with Gasteiger partial charge >= 0.3 is 0 Å². The van der Waals surface area contributed by atoms with Crippen molar-refractivity contribution in [3.8, 4) is 17.2 Å². The van der Waals surface area contributed by atoms with E-state index in [1.54, 1.807) is 33.1 Å². The molecule has 1 unspecified atom stereocenters. The number of hydrogen-bond donors (Lipinski definition) is 0. The standard InChI is InChI=1S/C19H21NO4S/c1-22-14-8-9-15(17(10-14)24-3)19-20(18(21)12-25-19)11-13-6-4-5-7-16(13)23-2/h4-10,19H,11-12H2,1-3H3. The Labute approximate surface area is 151 Å². The lowest BCUT2D eigenvalue weighted by Gasteiger charge is -2.26. The predicted octanol–water partition coefficient (Wildman–Crippen LogP) is 3.49. The van der Waals surface area contributed by atoms with Crippen LogP contribution in [0.5, 0.6) is 17.2 Å². The van der Waals surface area contributed by atoms with Crippen LogP contribution >= 0.6 is 11.8 Å². The molecule has 25 heavy (non-hydrogen) atoms. The largest absolute Gasteiger partial charge is 0.497 e. The lowest BCUT2D eigenvalue weighted by Crippen LogP contribution is -2.28. The number of amides is 1. The molecule has 1 amide bonds. The first-order chi connectivity index (χ1) is 12.2. The van der Waals surface area contributed by atoms with Crippen molar-refractivity contribution in [3.63, 3.8) is 0 Å². The first-order valence-corrected chi connectivity index (χ1v) is 8.97. The van der Waals surface area contributed by atoms with Crippen LogP contribution in [-0.2, 0) is 11.3 Å². The van der Waals surface area contributed by atoms with Crippen LogP contribution in [0.3, 0.4) is 0 Å². The van der Waals surface area contributed by atoms with Gasteiger partial charge in [0, 0.05) is 17.2 Å². The van der Waals surface area contributed by atoms with Crippen molar-refractivity contribution in [2.45, 2.75) is 11.9 Å². The normalized spacial score (nSPS) is 16.8. The maximum Gasteiger partial charge on any atom is 0.234 e. The molecule has 1 heterocycles. The van der Waals surface area contributed by atoms with Crippen LogP contribution in [0.25, 0.3) is 0 Å². The molecular weight excluding hydrogens is 338 g/mol. The van der Waals surface area contributed by atoms with Gasteiger partial charge < -0.3 is 19.1 Å². The van der Waals surface area contributed by atoms with E-state index in [2.05, 4.69) is 0 Å². The van der Waals surface area contributed by atoms with Crippen molar-refractivity contribution in [1.29, 1.82) is 0 Å². The van der Waals surface area contributed by atoms with Gasteiger partial charge in [0.1, 0.15) is 22.6 Å². The van der Waals surface area contributed by atoms with E-state index in [0.29, 0.717) is 12.3 Å². The van der Waals surface area contributed by atoms with Crippen molar-refractivity contribution in [2.24, 2.45) is 0 Å². The fourth-order valence-electron chi connectivity index (χ4n) is 2.92. The molecule has 1 aliphatic rings. The Morgan fingerprint density at radius 2 is 1.80 bits per heavy atom. The maximum atomic E-state index is 12.5. The third-order valence-corrected chi connectivity index (χ3v) is 5.45. The molecule has 0 aromatic heterocycles. The minimum Gasteiger partial charge on any atom is -0.497 e. The number of carbonyl (C=O) groups excluding carboxylic acids is 1. The molecule has 132 valence electrons. The SMILES string of the molecule is COc1ccc(C2SCC(=O)N2Cc2ccccc2OC)c(OC)c1. The highest BCUT2D eigenvalue weighted by atomic mass is 32.2. The van der Waals surface area contributed by atoms with Gasteiger partial charge in [-0.05, 0) is 18.2 Å². The second-order valence-electron chi connectivity index (χ2n) is 5.60. The number of methoxy groups -OCH3 is 3.